The van der Waals surface area contributed by atoms with Crippen molar-refractivity contribution in [1.29, 1.82) is 0 Å². The van der Waals surface area contributed by atoms with Gasteiger partial charge in [-0.25, -0.2) is 4.99 Å². The van der Waals surface area contributed by atoms with E-state index in [4.69, 9.17) is 0 Å². The molecule has 17 heavy (non-hydrogen) atoms. The van der Waals surface area contributed by atoms with Crippen LogP contribution >= 0.6 is 51.2 Å². The van der Waals surface area contributed by atoms with Gasteiger partial charge in [0.25, 0.3) is 0 Å². The first-order chi connectivity index (χ1) is 7.76. The average molecular weight is 432 g/mol. The fourth-order valence-electron chi connectivity index (χ4n) is 1.18. The van der Waals surface area contributed by atoms with Gasteiger partial charge in [-0.15, -0.1) is 35.3 Å². The third-order valence-electron chi connectivity index (χ3n) is 1.91. The second-order valence-corrected chi connectivity index (χ2v) is 5.88. The molecule has 0 aliphatic carbocycles. The Hall–Kier alpha value is 0.180. The van der Waals surface area contributed by atoms with Crippen molar-refractivity contribution in [1.82, 2.24) is 10.6 Å². The molecule has 0 aliphatic heterocycles. The molecule has 1 heterocycles. The van der Waals surface area contributed by atoms with Crippen molar-refractivity contribution in [3.63, 3.8) is 0 Å². The first-order valence-corrected chi connectivity index (χ1v) is 7.13. The molecule has 0 bridgehead atoms. The molecular weight excluding hydrogens is 413 g/mol. The van der Waals surface area contributed by atoms with Crippen molar-refractivity contribution >= 4 is 57.2 Å². The van der Waals surface area contributed by atoms with Crippen LogP contribution in [0.5, 0.6) is 0 Å². The molecule has 0 saturated heterocycles. The summed E-state index contributed by atoms with van der Waals surface area (Å²) in [5, 5.41) is 6.51. The van der Waals surface area contributed by atoms with Gasteiger partial charge in [0.05, 0.1) is 10.3 Å². The molecule has 3 nitrogen and oxygen atoms in total. The number of nitrogens with zero attached hydrogens (tertiary/aromatic N) is 1. The monoisotopic (exact) mass is 431 g/mol. The van der Waals surface area contributed by atoms with Crippen LogP contribution < -0.4 is 10.6 Å². The van der Waals surface area contributed by atoms with Crippen molar-refractivity contribution in [2.75, 3.05) is 13.1 Å². The zero-order valence-corrected chi connectivity index (χ0v) is 14.9. The Morgan fingerprint density at radius 3 is 2.65 bits per heavy atom. The second-order valence-electron chi connectivity index (χ2n) is 3.33. The molecule has 98 valence electrons. The van der Waals surface area contributed by atoms with Gasteiger partial charge in [0.1, 0.15) is 0 Å². The van der Waals surface area contributed by atoms with E-state index in [0.717, 1.165) is 35.8 Å². The third kappa shape index (κ3) is 7.25. The molecule has 0 amide bonds. The Bertz CT molecular complexity index is 341. The Kier molecular flexibility index (Phi) is 10.2. The van der Waals surface area contributed by atoms with Gasteiger partial charge in [-0.3, -0.25) is 0 Å². The van der Waals surface area contributed by atoms with Gasteiger partial charge in [-0.1, -0.05) is 6.92 Å². The first kappa shape index (κ1) is 17.2. The van der Waals surface area contributed by atoms with Crippen LogP contribution in [0.25, 0.3) is 0 Å². The molecule has 1 aromatic heterocycles. The van der Waals surface area contributed by atoms with E-state index in [2.05, 4.69) is 57.5 Å². The van der Waals surface area contributed by atoms with Gasteiger partial charge < -0.3 is 10.6 Å². The molecule has 0 atom stereocenters. The quantitative estimate of drug-likeness (QED) is 0.424. The predicted molar refractivity (Wildman–Crippen MR) is 90.5 cm³/mol. The highest BCUT2D eigenvalue weighted by Crippen LogP contribution is 2.22. The number of thiophene rings is 1. The molecule has 6 heteroatoms. The number of aliphatic imine (C=N–C) groups is 1. The van der Waals surface area contributed by atoms with Gasteiger partial charge in [0.15, 0.2) is 5.96 Å². The van der Waals surface area contributed by atoms with Crippen molar-refractivity contribution in [2.45, 2.75) is 26.8 Å². The average Bonchev–Trinajstić information content (AvgIpc) is 2.68. The molecule has 2 N–H and O–H groups in total. The maximum absolute atomic E-state index is 4.52. The van der Waals surface area contributed by atoms with Gasteiger partial charge in [0.2, 0.25) is 0 Å². The normalized spacial score (nSPS) is 10.9. The Labute approximate surface area is 133 Å². The number of hydrogen-bond acceptors (Lipinski definition) is 2. The minimum atomic E-state index is 0. The van der Waals surface area contributed by atoms with Crippen molar-refractivity contribution in [3.8, 4) is 0 Å². The van der Waals surface area contributed by atoms with Gasteiger partial charge in [0, 0.05) is 18.0 Å². The molecule has 0 aliphatic rings. The van der Waals surface area contributed by atoms with Crippen molar-refractivity contribution in [3.05, 3.63) is 20.8 Å². The molecule has 0 fully saturated rings. The summed E-state index contributed by atoms with van der Waals surface area (Å²) >= 11 is 5.18. The smallest absolute Gasteiger partial charge is 0.191 e. The van der Waals surface area contributed by atoms with E-state index < -0.39 is 0 Å². The van der Waals surface area contributed by atoms with E-state index >= 15 is 0 Å². The zero-order chi connectivity index (χ0) is 11.8. The number of guanidine groups is 1. The second kappa shape index (κ2) is 10.1. The minimum Gasteiger partial charge on any atom is -0.357 e. The summed E-state index contributed by atoms with van der Waals surface area (Å²) < 4.78 is 1.16. The maximum atomic E-state index is 4.52. The van der Waals surface area contributed by atoms with E-state index in [-0.39, 0.29) is 24.0 Å². The van der Waals surface area contributed by atoms with E-state index in [1.807, 2.05) is 0 Å². The fraction of sp³-hybridized carbons (Fsp3) is 0.545. The topological polar surface area (TPSA) is 36.4 Å². The predicted octanol–water partition coefficient (Wildman–Crippen LogP) is 3.59. The zero-order valence-electron chi connectivity index (χ0n) is 10.1. The first-order valence-electron chi connectivity index (χ1n) is 5.52. The van der Waals surface area contributed by atoms with Crippen molar-refractivity contribution in [2.24, 2.45) is 4.99 Å². The van der Waals surface area contributed by atoms with Gasteiger partial charge in [-0.05, 0) is 41.4 Å². The molecule has 0 unspecified atom stereocenters. The van der Waals surface area contributed by atoms with E-state index in [1.165, 1.54) is 4.88 Å². The van der Waals surface area contributed by atoms with E-state index in [1.54, 1.807) is 11.3 Å². The van der Waals surface area contributed by atoms with Crippen LogP contribution in [-0.4, -0.2) is 19.0 Å². The van der Waals surface area contributed by atoms with Crippen LogP contribution in [0.15, 0.2) is 20.9 Å². The lowest BCUT2D eigenvalue weighted by Gasteiger charge is -2.09. The number of rotatable bonds is 5. The van der Waals surface area contributed by atoms with Crippen LogP contribution in [-0.2, 0) is 6.54 Å². The number of nitrogens with one attached hydrogen (secondary N) is 2. The van der Waals surface area contributed by atoms with E-state index in [9.17, 15) is 0 Å². The third-order valence-corrected chi connectivity index (χ3v) is 3.52. The summed E-state index contributed by atoms with van der Waals surface area (Å²) in [6.07, 6.45) is 1.11. The summed E-state index contributed by atoms with van der Waals surface area (Å²) in [4.78, 5) is 5.78. The summed E-state index contributed by atoms with van der Waals surface area (Å²) in [6, 6.07) is 4.16. The van der Waals surface area contributed by atoms with Gasteiger partial charge in [-0.2, -0.15) is 0 Å². The van der Waals surface area contributed by atoms with E-state index in [0.29, 0.717) is 0 Å². The molecule has 0 aromatic carbocycles. The maximum Gasteiger partial charge on any atom is 0.191 e. The molecule has 0 saturated carbocycles. The van der Waals surface area contributed by atoms with Crippen molar-refractivity contribution < 1.29 is 0 Å². The van der Waals surface area contributed by atoms with Crippen LogP contribution in [0.1, 0.15) is 25.1 Å². The van der Waals surface area contributed by atoms with Crippen LogP contribution in [0.4, 0.5) is 0 Å². The minimum absolute atomic E-state index is 0. The standard InChI is InChI=1S/C11H18BrN3S.HI/c1-3-7-14-11(13-4-2)15-8-9-5-6-10(12)16-9;/h5-6H,3-4,7-8H2,1-2H3,(H2,13,14,15);1H. The summed E-state index contributed by atoms with van der Waals surface area (Å²) in [7, 11) is 0. The highest BCUT2D eigenvalue weighted by atomic mass is 127. The summed E-state index contributed by atoms with van der Waals surface area (Å²) in [5.74, 6) is 0.897. The molecule has 0 spiro atoms. The molecule has 1 rings (SSSR count). The summed E-state index contributed by atoms with van der Waals surface area (Å²) in [5.41, 5.74) is 0. The highest BCUT2D eigenvalue weighted by Gasteiger charge is 1.98. The van der Waals surface area contributed by atoms with Gasteiger partial charge >= 0.3 is 0 Å². The Balaban J connectivity index is 0.00000256. The number of halogens is 2. The molecule has 1 aromatic rings. The fourth-order valence-corrected chi connectivity index (χ4v) is 2.59. The lowest BCUT2D eigenvalue weighted by Crippen LogP contribution is -2.37. The summed E-state index contributed by atoms with van der Waals surface area (Å²) in [6.45, 7) is 6.80. The van der Waals surface area contributed by atoms with Crippen LogP contribution in [0.2, 0.25) is 0 Å². The lowest BCUT2D eigenvalue weighted by atomic mass is 10.5. The van der Waals surface area contributed by atoms with Crippen LogP contribution in [0.3, 0.4) is 0 Å². The largest absolute Gasteiger partial charge is 0.357 e. The SMILES string of the molecule is CCCNC(=NCc1ccc(Br)s1)NCC.I. The highest BCUT2D eigenvalue weighted by molar-refractivity contribution is 14.0. The Morgan fingerprint density at radius 1 is 1.35 bits per heavy atom. The van der Waals surface area contributed by atoms with Crippen LogP contribution in [0, 0.1) is 0 Å². The molecule has 0 radical (unpaired) electrons. The lowest BCUT2D eigenvalue weighted by molar-refractivity contribution is 0.786. The number of hydrogen-bond donors (Lipinski definition) is 2. The Morgan fingerprint density at radius 2 is 2.12 bits per heavy atom. The molecular formula is C11H19BrIN3S.